The van der Waals surface area contributed by atoms with Crippen LogP contribution in [0.5, 0.6) is 11.5 Å². The number of para-hydroxylation sites is 1. The molecule has 0 spiro atoms. The zero-order valence-corrected chi connectivity index (χ0v) is 23.5. The van der Waals surface area contributed by atoms with Gasteiger partial charge >= 0.3 is 6.03 Å². The molecule has 210 valence electrons. The van der Waals surface area contributed by atoms with Gasteiger partial charge in [-0.1, -0.05) is 54.1 Å². The minimum absolute atomic E-state index is 0.000907. The second-order valence-electron chi connectivity index (χ2n) is 9.75. The summed E-state index contributed by atoms with van der Waals surface area (Å²) in [5.41, 5.74) is 3.47. The number of aryl methyl sites for hydroxylation is 1. The van der Waals surface area contributed by atoms with Crippen molar-refractivity contribution in [3.8, 4) is 11.5 Å². The average molecular weight is 543 g/mol. The molecule has 1 fully saturated rings. The number of piperazine rings is 1. The number of amides is 3. The van der Waals surface area contributed by atoms with Crippen LogP contribution in [0, 0.1) is 6.92 Å². The van der Waals surface area contributed by atoms with Crippen LogP contribution in [0.2, 0.25) is 0 Å². The maximum Gasteiger partial charge on any atom is 0.321 e. The zero-order valence-electron chi connectivity index (χ0n) is 23.5. The number of hydrogen-bond acceptors (Lipinski definition) is 5. The molecule has 4 rings (SSSR count). The van der Waals surface area contributed by atoms with E-state index >= 15 is 0 Å². The molecule has 8 nitrogen and oxygen atoms in total. The molecule has 3 aromatic carbocycles. The molecule has 3 aromatic rings. The molecule has 3 amide bonds. The molecular formula is C32H38N4O4. The summed E-state index contributed by atoms with van der Waals surface area (Å²) >= 11 is 0. The molecule has 0 unspecified atom stereocenters. The van der Waals surface area contributed by atoms with Crippen molar-refractivity contribution in [2.45, 2.75) is 6.92 Å². The molecule has 1 N–H and O–H groups in total. The van der Waals surface area contributed by atoms with Crippen LogP contribution in [0.3, 0.4) is 0 Å². The van der Waals surface area contributed by atoms with Gasteiger partial charge in [0.15, 0.2) is 0 Å². The first-order chi connectivity index (χ1) is 19.5. The summed E-state index contributed by atoms with van der Waals surface area (Å²) in [5, 5.41) is 2.95. The van der Waals surface area contributed by atoms with Crippen LogP contribution in [-0.2, 0) is 0 Å². The largest absolute Gasteiger partial charge is 0.497 e. The Bertz CT molecular complexity index is 1300. The van der Waals surface area contributed by atoms with Gasteiger partial charge in [0.2, 0.25) is 0 Å². The smallest absolute Gasteiger partial charge is 0.321 e. The fourth-order valence-electron chi connectivity index (χ4n) is 4.61. The SMILES string of the molecule is COc1cccc(NC(=O)N2CCN(CCN(CC=Cc3ccccc3OC)C(=O)c3ccc(C)cc3)CC2)c1. The maximum absolute atomic E-state index is 13.4. The molecule has 1 aliphatic rings. The normalized spacial score (nSPS) is 13.7. The third-order valence-corrected chi connectivity index (χ3v) is 7.01. The number of hydrogen-bond donors (Lipinski definition) is 1. The van der Waals surface area contributed by atoms with E-state index in [9.17, 15) is 9.59 Å². The number of benzene rings is 3. The number of carbonyl (C=O) groups is 2. The summed E-state index contributed by atoms with van der Waals surface area (Å²) in [6, 6.07) is 22.7. The molecule has 1 saturated heterocycles. The highest BCUT2D eigenvalue weighted by molar-refractivity contribution is 5.94. The number of nitrogens with zero attached hydrogens (tertiary/aromatic N) is 3. The Morgan fingerprint density at radius 3 is 2.40 bits per heavy atom. The van der Waals surface area contributed by atoms with Crippen LogP contribution >= 0.6 is 0 Å². The quantitative estimate of drug-likeness (QED) is 0.390. The van der Waals surface area contributed by atoms with Gasteiger partial charge in [0.25, 0.3) is 5.91 Å². The highest BCUT2D eigenvalue weighted by Crippen LogP contribution is 2.19. The standard InChI is InChI=1S/C32H38N4O4/c1-25-13-15-27(16-14-25)31(37)35(17-7-9-26-8-4-5-12-30(26)40-3)21-18-34-19-22-36(23-20-34)32(38)33-28-10-6-11-29(24-28)39-2/h4-16,24H,17-23H2,1-3H3,(H,33,38). The lowest BCUT2D eigenvalue weighted by Gasteiger charge is -2.35. The molecular weight excluding hydrogens is 504 g/mol. The first kappa shape index (κ1) is 28.7. The van der Waals surface area contributed by atoms with Gasteiger partial charge in [0.05, 0.1) is 14.2 Å². The van der Waals surface area contributed by atoms with Crippen molar-refractivity contribution >= 4 is 23.7 Å². The topological polar surface area (TPSA) is 74.3 Å². The van der Waals surface area contributed by atoms with E-state index in [1.54, 1.807) is 20.3 Å². The lowest BCUT2D eigenvalue weighted by atomic mass is 10.1. The Hall–Kier alpha value is -4.30. The number of nitrogens with one attached hydrogen (secondary N) is 1. The molecule has 0 radical (unpaired) electrons. The van der Waals surface area contributed by atoms with Crippen LogP contribution < -0.4 is 14.8 Å². The first-order valence-electron chi connectivity index (χ1n) is 13.5. The summed E-state index contributed by atoms with van der Waals surface area (Å²) in [5.74, 6) is 1.49. The van der Waals surface area contributed by atoms with Crippen LogP contribution in [0.1, 0.15) is 21.5 Å². The Morgan fingerprint density at radius 2 is 1.68 bits per heavy atom. The second kappa shape index (κ2) is 14.2. The number of anilines is 1. The van der Waals surface area contributed by atoms with Gasteiger partial charge in [-0.3, -0.25) is 9.69 Å². The average Bonchev–Trinajstić information content (AvgIpc) is 2.99. The van der Waals surface area contributed by atoms with E-state index in [0.29, 0.717) is 43.2 Å². The van der Waals surface area contributed by atoms with Gasteiger partial charge < -0.3 is 24.6 Å². The summed E-state index contributed by atoms with van der Waals surface area (Å²) < 4.78 is 10.7. The summed E-state index contributed by atoms with van der Waals surface area (Å²) in [4.78, 5) is 32.2. The van der Waals surface area contributed by atoms with Crippen LogP contribution in [-0.4, -0.2) is 86.7 Å². The molecule has 0 bridgehead atoms. The summed E-state index contributed by atoms with van der Waals surface area (Å²) in [7, 11) is 3.26. The molecule has 40 heavy (non-hydrogen) atoms. The van der Waals surface area contributed by atoms with Crippen molar-refractivity contribution in [3.05, 3.63) is 95.6 Å². The molecule has 1 heterocycles. The third-order valence-electron chi connectivity index (χ3n) is 7.01. The molecule has 0 saturated carbocycles. The molecule has 8 heteroatoms. The Morgan fingerprint density at radius 1 is 0.925 bits per heavy atom. The predicted octanol–water partition coefficient (Wildman–Crippen LogP) is 5.02. The Balaban J connectivity index is 1.34. The molecule has 0 aromatic heterocycles. The van der Waals surface area contributed by atoms with Crippen molar-refractivity contribution in [1.82, 2.24) is 14.7 Å². The van der Waals surface area contributed by atoms with Crippen LogP contribution in [0.25, 0.3) is 6.08 Å². The predicted molar refractivity (Wildman–Crippen MR) is 159 cm³/mol. The van der Waals surface area contributed by atoms with Gasteiger partial charge in [-0.25, -0.2) is 4.79 Å². The van der Waals surface area contributed by atoms with Crippen molar-refractivity contribution in [2.24, 2.45) is 0 Å². The van der Waals surface area contributed by atoms with Crippen molar-refractivity contribution in [1.29, 1.82) is 0 Å². The molecule has 0 atom stereocenters. The molecule has 0 aliphatic carbocycles. The van der Waals surface area contributed by atoms with Gasteiger partial charge in [0, 0.05) is 68.7 Å². The number of ether oxygens (including phenoxy) is 2. The maximum atomic E-state index is 13.4. The van der Waals surface area contributed by atoms with Crippen LogP contribution in [0.4, 0.5) is 10.5 Å². The van der Waals surface area contributed by atoms with E-state index in [1.165, 1.54) is 0 Å². The van der Waals surface area contributed by atoms with Crippen molar-refractivity contribution in [3.63, 3.8) is 0 Å². The van der Waals surface area contributed by atoms with Gasteiger partial charge in [-0.2, -0.15) is 0 Å². The van der Waals surface area contributed by atoms with E-state index in [0.717, 1.165) is 36.5 Å². The lowest BCUT2D eigenvalue weighted by Crippen LogP contribution is -2.51. The third kappa shape index (κ3) is 7.86. The van der Waals surface area contributed by atoms with E-state index in [-0.39, 0.29) is 11.9 Å². The number of urea groups is 1. The second-order valence-corrected chi connectivity index (χ2v) is 9.75. The van der Waals surface area contributed by atoms with E-state index in [4.69, 9.17) is 9.47 Å². The highest BCUT2D eigenvalue weighted by Gasteiger charge is 2.23. The molecule has 1 aliphatic heterocycles. The van der Waals surface area contributed by atoms with E-state index in [2.05, 4.69) is 10.2 Å². The number of carbonyl (C=O) groups excluding carboxylic acids is 2. The fraction of sp³-hybridized carbons (Fsp3) is 0.312. The monoisotopic (exact) mass is 542 g/mol. The van der Waals surface area contributed by atoms with Crippen molar-refractivity contribution in [2.75, 3.05) is 65.3 Å². The Labute approximate surface area is 236 Å². The number of methoxy groups -OCH3 is 2. The van der Waals surface area contributed by atoms with Crippen molar-refractivity contribution < 1.29 is 19.1 Å². The fourth-order valence-corrected chi connectivity index (χ4v) is 4.61. The first-order valence-corrected chi connectivity index (χ1v) is 13.5. The lowest BCUT2D eigenvalue weighted by molar-refractivity contribution is 0.0739. The van der Waals surface area contributed by atoms with E-state index in [1.807, 2.05) is 95.6 Å². The zero-order chi connectivity index (χ0) is 28.3. The van der Waals surface area contributed by atoms with Gasteiger partial charge in [0.1, 0.15) is 11.5 Å². The van der Waals surface area contributed by atoms with E-state index < -0.39 is 0 Å². The summed E-state index contributed by atoms with van der Waals surface area (Å²) in [6.45, 7) is 6.53. The minimum Gasteiger partial charge on any atom is -0.497 e. The van der Waals surface area contributed by atoms with Gasteiger partial charge in [-0.05, 0) is 37.3 Å². The van der Waals surface area contributed by atoms with Crippen LogP contribution in [0.15, 0.2) is 78.9 Å². The van der Waals surface area contributed by atoms with Gasteiger partial charge in [-0.15, -0.1) is 0 Å². The summed E-state index contributed by atoms with van der Waals surface area (Å²) in [6.07, 6.45) is 4.00. The highest BCUT2D eigenvalue weighted by atomic mass is 16.5. The minimum atomic E-state index is -0.120. The Kier molecular flexibility index (Phi) is 10.2. The number of rotatable bonds is 10.